The predicted octanol–water partition coefficient (Wildman–Crippen LogP) is 5.90. The molecule has 1 saturated carbocycles. The monoisotopic (exact) mass is 465 g/mol. The van der Waals surface area contributed by atoms with E-state index in [4.69, 9.17) is 14.2 Å². The molecule has 0 unspecified atom stereocenters. The van der Waals surface area contributed by atoms with Crippen LogP contribution in [0.1, 0.15) is 45.8 Å². The van der Waals surface area contributed by atoms with Gasteiger partial charge in [-0.15, -0.1) is 0 Å². The summed E-state index contributed by atoms with van der Waals surface area (Å²) in [4.78, 5) is 24.8. The third kappa shape index (κ3) is 5.82. The Labute approximate surface area is 198 Å². The highest BCUT2D eigenvalue weighted by Gasteiger charge is 2.61. The summed E-state index contributed by atoms with van der Waals surface area (Å²) in [5, 5.41) is 9.62. The molecule has 0 N–H and O–H groups in total. The quantitative estimate of drug-likeness (QED) is 0.339. The molecule has 6 nitrogen and oxygen atoms in total. The summed E-state index contributed by atoms with van der Waals surface area (Å²) in [7, 11) is 0. The van der Waals surface area contributed by atoms with Crippen LogP contribution in [0.3, 0.4) is 0 Å². The van der Waals surface area contributed by atoms with E-state index in [0.717, 1.165) is 0 Å². The fourth-order valence-corrected chi connectivity index (χ4v) is 3.73. The minimum Gasteiger partial charge on any atom is -0.460 e. The van der Waals surface area contributed by atoms with Crippen LogP contribution in [0.5, 0.6) is 11.5 Å². The number of hydrogen-bond donors (Lipinski definition) is 0. The van der Waals surface area contributed by atoms with Gasteiger partial charge >= 0.3 is 11.9 Å². The van der Waals surface area contributed by atoms with Crippen molar-refractivity contribution >= 4 is 11.9 Å². The Balaban J connectivity index is 1.68. The Bertz CT molecular complexity index is 1110. The molecule has 0 aliphatic heterocycles. The van der Waals surface area contributed by atoms with Crippen LogP contribution in [0.2, 0.25) is 0 Å². The van der Waals surface area contributed by atoms with Crippen molar-refractivity contribution in [1.82, 2.24) is 0 Å². The first-order chi connectivity index (χ1) is 16.2. The lowest BCUT2D eigenvalue weighted by molar-refractivity contribution is -0.149. The zero-order chi connectivity index (χ0) is 24.9. The fraction of sp³-hybridized carbons (Fsp3) is 0.370. The minimum atomic E-state index is -1.23. The lowest BCUT2D eigenvalue weighted by Crippen LogP contribution is -2.14. The van der Waals surface area contributed by atoms with Gasteiger partial charge in [0.2, 0.25) is 6.10 Å². The van der Waals surface area contributed by atoms with Gasteiger partial charge < -0.3 is 14.2 Å². The van der Waals surface area contributed by atoms with Crippen molar-refractivity contribution in [1.29, 1.82) is 5.26 Å². The zero-order valence-electron chi connectivity index (χ0n) is 19.7. The molecule has 0 amide bonds. The van der Waals surface area contributed by atoms with Crippen LogP contribution < -0.4 is 4.74 Å². The van der Waals surface area contributed by atoms with Crippen molar-refractivity contribution in [3.05, 3.63) is 72.1 Å². The van der Waals surface area contributed by atoms with E-state index in [1.54, 1.807) is 43.3 Å². The van der Waals surface area contributed by atoms with Crippen LogP contribution in [-0.4, -0.2) is 18.0 Å². The maximum absolute atomic E-state index is 14.3. The van der Waals surface area contributed by atoms with Crippen molar-refractivity contribution in [2.24, 2.45) is 17.3 Å². The number of benzene rings is 2. The molecule has 0 spiro atoms. The van der Waals surface area contributed by atoms with Gasteiger partial charge in [-0.05, 0) is 48.9 Å². The third-order valence-corrected chi connectivity index (χ3v) is 6.08. The van der Waals surface area contributed by atoms with Gasteiger partial charge in [0, 0.05) is 11.6 Å². The standard InChI is InChI=1S/C27H28FNO5/c1-5-17(2)32-24(30)14-12-20-25(27(20,3)4)26(31)34-23(16-29)18-11-13-21(28)22(15-18)33-19-9-7-6-8-10-19/h6-15,17,20,23,25H,5H2,1-4H3/t17-,20+,23-,25+/m1/s1. The van der Waals surface area contributed by atoms with E-state index in [0.29, 0.717) is 17.7 Å². The Kier molecular flexibility index (Phi) is 7.72. The molecule has 4 atom stereocenters. The highest BCUT2D eigenvalue weighted by molar-refractivity contribution is 5.83. The van der Waals surface area contributed by atoms with E-state index in [2.05, 4.69) is 0 Å². The van der Waals surface area contributed by atoms with Crippen molar-refractivity contribution in [3.63, 3.8) is 0 Å². The highest BCUT2D eigenvalue weighted by atomic mass is 19.1. The molecule has 0 radical (unpaired) electrons. The predicted molar refractivity (Wildman–Crippen MR) is 123 cm³/mol. The molecule has 7 heteroatoms. The summed E-state index contributed by atoms with van der Waals surface area (Å²) in [6.07, 6.45) is 2.28. The summed E-state index contributed by atoms with van der Waals surface area (Å²) in [5.74, 6) is -2.01. The molecular weight excluding hydrogens is 437 g/mol. The third-order valence-electron chi connectivity index (χ3n) is 6.08. The molecule has 178 valence electrons. The molecule has 2 aromatic carbocycles. The van der Waals surface area contributed by atoms with Gasteiger partial charge in [-0.3, -0.25) is 4.79 Å². The van der Waals surface area contributed by atoms with E-state index in [-0.39, 0.29) is 17.8 Å². The van der Waals surface area contributed by atoms with Crippen LogP contribution in [0.25, 0.3) is 0 Å². The van der Waals surface area contributed by atoms with Crippen molar-refractivity contribution in [2.45, 2.75) is 46.3 Å². The Morgan fingerprint density at radius 2 is 1.88 bits per heavy atom. The van der Waals surface area contributed by atoms with Gasteiger partial charge in [-0.1, -0.05) is 51.1 Å². The number of allylic oxidation sites excluding steroid dienone is 1. The van der Waals surface area contributed by atoms with E-state index in [1.165, 1.54) is 24.3 Å². The fourth-order valence-electron chi connectivity index (χ4n) is 3.73. The number of para-hydroxylation sites is 1. The first-order valence-electron chi connectivity index (χ1n) is 11.2. The molecule has 0 heterocycles. The Hall–Kier alpha value is -3.66. The van der Waals surface area contributed by atoms with Gasteiger partial charge in [0.1, 0.15) is 11.8 Å². The maximum Gasteiger partial charge on any atom is 0.330 e. The van der Waals surface area contributed by atoms with Crippen LogP contribution in [-0.2, 0) is 19.1 Å². The van der Waals surface area contributed by atoms with Crippen LogP contribution in [0.15, 0.2) is 60.7 Å². The minimum absolute atomic E-state index is 0.0765. The van der Waals surface area contributed by atoms with E-state index in [9.17, 15) is 19.2 Å². The van der Waals surface area contributed by atoms with Gasteiger partial charge in [-0.25, -0.2) is 9.18 Å². The highest BCUT2D eigenvalue weighted by Crippen LogP contribution is 2.59. The molecule has 0 saturated heterocycles. The molecule has 1 aliphatic carbocycles. The van der Waals surface area contributed by atoms with Gasteiger partial charge in [0.05, 0.1) is 12.0 Å². The number of nitrogens with zero attached hydrogens (tertiary/aromatic N) is 1. The van der Waals surface area contributed by atoms with E-state index in [1.807, 2.05) is 26.8 Å². The number of hydrogen-bond acceptors (Lipinski definition) is 6. The first-order valence-corrected chi connectivity index (χ1v) is 11.2. The Morgan fingerprint density at radius 3 is 2.53 bits per heavy atom. The normalized spacial score (nSPS) is 20.1. The number of ether oxygens (including phenoxy) is 3. The number of rotatable bonds is 9. The second-order valence-electron chi connectivity index (χ2n) is 8.89. The number of carbonyl (C=O) groups is 2. The maximum atomic E-state index is 14.3. The smallest absolute Gasteiger partial charge is 0.330 e. The molecular formula is C27H28FNO5. The van der Waals surface area contributed by atoms with Crippen LogP contribution in [0.4, 0.5) is 4.39 Å². The van der Waals surface area contributed by atoms with Gasteiger partial charge in [0.25, 0.3) is 0 Å². The lowest BCUT2D eigenvalue weighted by Gasteiger charge is -2.14. The van der Waals surface area contributed by atoms with Crippen LogP contribution in [0, 0.1) is 34.4 Å². The summed E-state index contributed by atoms with van der Waals surface area (Å²) < 4.78 is 30.5. The summed E-state index contributed by atoms with van der Waals surface area (Å²) in [5.41, 5.74) is -0.139. The number of carbonyl (C=O) groups excluding carboxylic acids is 2. The Morgan fingerprint density at radius 1 is 1.18 bits per heavy atom. The zero-order valence-corrected chi connectivity index (χ0v) is 19.7. The van der Waals surface area contributed by atoms with Crippen molar-refractivity contribution < 1.29 is 28.2 Å². The molecule has 3 rings (SSSR count). The number of nitriles is 1. The molecule has 2 aromatic rings. The number of esters is 2. The summed E-state index contributed by atoms with van der Waals surface area (Å²) >= 11 is 0. The molecule has 0 aromatic heterocycles. The first kappa shape index (κ1) is 25.0. The second kappa shape index (κ2) is 10.5. The topological polar surface area (TPSA) is 85.6 Å². The SMILES string of the molecule is CC[C@@H](C)OC(=O)C=C[C@H]1[C@@H](C(=O)O[C@H](C#N)c2ccc(F)c(Oc3ccccc3)c2)C1(C)C. The van der Waals surface area contributed by atoms with Gasteiger partial charge in [-0.2, -0.15) is 5.26 Å². The second-order valence-corrected chi connectivity index (χ2v) is 8.89. The molecule has 0 bridgehead atoms. The van der Waals surface area contributed by atoms with E-state index >= 15 is 0 Å². The van der Waals surface area contributed by atoms with Crippen LogP contribution >= 0.6 is 0 Å². The molecule has 1 fully saturated rings. The summed E-state index contributed by atoms with van der Waals surface area (Å²) in [6, 6.07) is 14.5. The average Bonchev–Trinajstić information content (AvgIpc) is 3.38. The summed E-state index contributed by atoms with van der Waals surface area (Å²) in [6.45, 7) is 7.50. The lowest BCUT2D eigenvalue weighted by atomic mass is 10.1. The van der Waals surface area contributed by atoms with E-state index < -0.39 is 35.2 Å². The van der Waals surface area contributed by atoms with Crippen molar-refractivity contribution in [3.8, 4) is 17.6 Å². The molecule has 34 heavy (non-hydrogen) atoms. The average molecular weight is 466 g/mol. The number of halogens is 1. The van der Waals surface area contributed by atoms with Gasteiger partial charge in [0.15, 0.2) is 11.6 Å². The molecule has 1 aliphatic rings. The largest absolute Gasteiger partial charge is 0.460 e. The van der Waals surface area contributed by atoms with Crippen molar-refractivity contribution in [2.75, 3.05) is 0 Å².